The van der Waals surface area contributed by atoms with Crippen LogP contribution in [0.15, 0.2) is 0 Å². The van der Waals surface area contributed by atoms with Gasteiger partial charge in [-0.05, 0) is 12.8 Å². The number of hydrogen-bond acceptors (Lipinski definition) is 3. The van der Waals surface area contributed by atoms with E-state index in [4.69, 9.17) is 10.2 Å². The van der Waals surface area contributed by atoms with Crippen LogP contribution in [0.2, 0.25) is 0 Å². The Morgan fingerprint density at radius 1 is 0.889 bits per heavy atom. The molecule has 5 nitrogen and oxygen atoms in total. The summed E-state index contributed by atoms with van der Waals surface area (Å²) in [6, 6.07) is 0.113. The molecule has 0 saturated heterocycles. The van der Waals surface area contributed by atoms with Crippen molar-refractivity contribution in [3.63, 3.8) is 0 Å². The van der Waals surface area contributed by atoms with Crippen LogP contribution in [-0.4, -0.2) is 46.2 Å². The second kappa shape index (κ2) is 9.36. The molecule has 0 aromatic rings. The van der Waals surface area contributed by atoms with Crippen LogP contribution in [0.5, 0.6) is 0 Å². The number of aliphatic carboxylic acids is 2. The van der Waals surface area contributed by atoms with Crippen LogP contribution < -0.4 is 0 Å². The molecule has 0 unspecified atom stereocenters. The Bertz CT molecular complexity index is 249. The molecule has 0 aliphatic heterocycles. The van der Waals surface area contributed by atoms with Crippen molar-refractivity contribution in [2.75, 3.05) is 13.1 Å². The number of carbonyl (C=O) groups is 2. The standard InChI is InChI=1S/C12H21NO4.Cu/c14-11(15)8-13(9-12(16)17)10-6-4-2-1-3-5-7-10;/h10H,1-9H2,(H,14,15)(H,16,17);/q;+1. The van der Waals surface area contributed by atoms with E-state index < -0.39 is 11.9 Å². The number of hydrogen-bond donors (Lipinski definition) is 2. The fraction of sp³-hybridized carbons (Fsp3) is 0.833. The van der Waals surface area contributed by atoms with Gasteiger partial charge in [0, 0.05) is 6.04 Å². The molecule has 1 rings (SSSR count). The Balaban J connectivity index is 0.00000289. The molecule has 0 amide bonds. The summed E-state index contributed by atoms with van der Waals surface area (Å²) >= 11 is 0. The van der Waals surface area contributed by atoms with Crippen LogP contribution in [0.1, 0.15) is 44.9 Å². The molecular weight excluding hydrogens is 286 g/mol. The minimum atomic E-state index is -0.951. The van der Waals surface area contributed by atoms with Gasteiger partial charge in [-0.15, -0.1) is 0 Å². The van der Waals surface area contributed by atoms with Gasteiger partial charge in [0.15, 0.2) is 0 Å². The molecule has 0 aromatic carbocycles. The van der Waals surface area contributed by atoms with Crippen molar-refractivity contribution >= 4 is 11.9 Å². The van der Waals surface area contributed by atoms with E-state index in [1.54, 1.807) is 4.90 Å². The van der Waals surface area contributed by atoms with Crippen molar-refractivity contribution in [2.45, 2.75) is 51.0 Å². The molecule has 0 atom stereocenters. The van der Waals surface area contributed by atoms with Gasteiger partial charge in [0.2, 0.25) is 0 Å². The Morgan fingerprint density at radius 3 is 1.67 bits per heavy atom. The molecule has 0 bridgehead atoms. The predicted octanol–water partition coefficient (Wildman–Crippen LogP) is 1.57. The normalized spacial score (nSPS) is 17.6. The molecule has 1 aliphatic carbocycles. The quantitative estimate of drug-likeness (QED) is 0.754. The molecule has 0 heterocycles. The fourth-order valence-corrected chi connectivity index (χ4v) is 2.46. The maximum Gasteiger partial charge on any atom is 1.00 e. The van der Waals surface area contributed by atoms with E-state index in [0.717, 1.165) is 25.7 Å². The first kappa shape index (κ1) is 17.4. The SMILES string of the molecule is O=C(O)CN(CC(=O)O)C1CCCCCCC1.[Cu+]. The molecule has 6 heteroatoms. The first-order valence-corrected chi connectivity index (χ1v) is 6.27. The maximum absolute atomic E-state index is 10.8. The van der Waals surface area contributed by atoms with Gasteiger partial charge in [0.05, 0.1) is 13.1 Å². The predicted molar refractivity (Wildman–Crippen MR) is 63.0 cm³/mol. The van der Waals surface area contributed by atoms with E-state index in [2.05, 4.69) is 0 Å². The molecule has 18 heavy (non-hydrogen) atoms. The molecule has 2 N–H and O–H groups in total. The van der Waals surface area contributed by atoms with Crippen LogP contribution in [0.4, 0.5) is 0 Å². The molecule has 1 aliphatic rings. The van der Waals surface area contributed by atoms with Crippen molar-refractivity contribution in [1.82, 2.24) is 4.90 Å². The molecule has 108 valence electrons. The van der Waals surface area contributed by atoms with Gasteiger partial charge in [-0.2, -0.15) is 0 Å². The Labute approximate surface area is 118 Å². The topological polar surface area (TPSA) is 77.8 Å². The number of nitrogens with zero attached hydrogens (tertiary/aromatic N) is 1. The van der Waals surface area contributed by atoms with Crippen LogP contribution in [0, 0.1) is 0 Å². The third-order valence-corrected chi connectivity index (χ3v) is 3.27. The maximum atomic E-state index is 10.8. The Kier molecular flexibility index (Phi) is 9.06. The number of rotatable bonds is 5. The number of carboxylic acids is 2. The van der Waals surface area contributed by atoms with Crippen LogP contribution in [0.25, 0.3) is 0 Å². The molecule has 0 spiro atoms. The zero-order chi connectivity index (χ0) is 12.7. The van der Waals surface area contributed by atoms with Crippen LogP contribution in [-0.2, 0) is 26.7 Å². The summed E-state index contributed by atoms with van der Waals surface area (Å²) in [7, 11) is 0. The van der Waals surface area contributed by atoms with Crippen molar-refractivity contribution in [1.29, 1.82) is 0 Å². The van der Waals surface area contributed by atoms with E-state index in [0.29, 0.717) is 0 Å². The van der Waals surface area contributed by atoms with E-state index in [1.165, 1.54) is 19.3 Å². The van der Waals surface area contributed by atoms with E-state index in [9.17, 15) is 9.59 Å². The van der Waals surface area contributed by atoms with Crippen LogP contribution >= 0.6 is 0 Å². The van der Waals surface area contributed by atoms with E-state index in [1.807, 2.05) is 0 Å². The van der Waals surface area contributed by atoms with Crippen molar-refractivity contribution in [2.24, 2.45) is 0 Å². The van der Waals surface area contributed by atoms with Gasteiger partial charge in [-0.1, -0.05) is 32.1 Å². The summed E-state index contributed by atoms with van der Waals surface area (Å²) in [5.41, 5.74) is 0. The Hall–Kier alpha value is -0.581. The van der Waals surface area contributed by atoms with Crippen molar-refractivity contribution in [3.05, 3.63) is 0 Å². The minimum Gasteiger partial charge on any atom is -0.480 e. The van der Waals surface area contributed by atoms with Crippen LogP contribution in [0.3, 0.4) is 0 Å². The summed E-state index contributed by atoms with van der Waals surface area (Å²) in [6.07, 6.45) is 7.56. The average Bonchev–Trinajstić information content (AvgIpc) is 2.13. The second-order valence-corrected chi connectivity index (χ2v) is 4.69. The second-order valence-electron chi connectivity index (χ2n) is 4.69. The summed E-state index contributed by atoms with van der Waals surface area (Å²) < 4.78 is 0. The molecule has 1 fully saturated rings. The van der Waals surface area contributed by atoms with Crippen molar-refractivity contribution < 1.29 is 36.9 Å². The minimum absolute atomic E-state index is 0. The fourth-order valence-electron chi connectivity index (χ4n) is 2.46. The average molecular weight is 307 g/mol. The zero-order valence-corrected chi connectivity index (χ0v) is 11.3. The first-order chi connectivity index (χ1) is 8.09. The summed E-state index contributed by atoms with van der Waals surface area (Å²) in [4.78, 5) is 23.1. The summed E-state index contributed by atoms with van der Waals surface area (Å²) in [5.74, 6) is -1.90. The summed E-state index contributed by atoms with van der Waals surface area (Å²) in [5, 5.41) is 17.6. The zero-order valence-electron chi connectivity index (χ0n) is 10.4. The molecular formula is C12H21CuNO4+. The number of carboxylic acid groups (broad SMARTS) is 2. The summed E-state index contributed by atoms with van der Waals surface area (Å²) in [6.45, 7) is -0.339. The smallest absolute Gasteiger partial charge is 0.480 e. The van der Waals surface area contributed by atoms with Gasteiger partial charge in [0.25, 0.3) is 0 Å². The monoisotopic (exact) mass is 306 g/mol. The first-order valence-electron chi connectivity index (χ1n) is 6.27. The van der Waals surface area contributed by atoms with E-state index in [-0.39, 0.29) is 36.2 Å². The van der Waals surface area contributed by atoms with Crippen molar-refractivity contribution in [3.8, 4) is 0 Å². The van der Waals surface area contributed by atoms with Gasteiger partial charge in [-0.25, -0.2) is 0 Å². The largest absolute Gasteiger partial charge is 1.00 e. The van der Waals surface area contributed by atoms with Gasteiger partial charge in [-0.3, -0.25) is 14.5 Å². The molecule has 0 radical (unpaired) electrons. The Morgan fingerprint density at radius 2 is 1.28 bits per heavy atom. The van der Waals surface area contributed by atoms with E-state index >= 15 is 0 Å². The molecule has 0 aromatic heterocycles. The van der Waals surface area contributed by atoms with Gasteiger partial charge < -0.3 is 10.2 Å². The molecule has 1 saturated carbocycles. The van der Waals surface area contributed by atoms with Gasteiger partial charge >= 0.3 is 29.0 Å². The third-order valence-electron chi connectivity index (χ3n) is 3.27. The van der Waals surface area contributed by atoms with Gasteiger partial charge in [0.1, 0.15) is 0 Å². The third kappa shape index (κ3) is 6.99.